The molecule has 1 aromatic heterocycles. The van der Waals surface area contributed by atoms with Gasteiger partial charge in [-0.15, -0.1) is 22.9 Å². The molecule has 0 aromatic carbocycles. The number of thioether (sulfide) groups is 1. The Hall–Kier alpha value is -0.260. The predicted octanol–water partition coefficient (Wildman–Crippen LogP) is 3.21. The van der Waals surface area contributed by atoms with Crippen LogP contribution in [0.4, 0.5) is 0 Å². The number of aromatic nitrogens is 1. The number of alkyl halides is 1. The number of hydrogen-bond donors (Lipinski definition) is 1. The lowest BCUT2D eigenvalue weighted by molar-refractivity contribution is -0.121. The van der Waals surface area contributed by atoms with E-state index >= 15 is 0 Å². The summed E-state index contributed by atoms with van der Waals surface area (Å²) in [5, 5.41) is 6.52. The van der Waals surface area contributed by atoms with E-state index in [1.807, 2.05) is 17.1 Å². The molecule has 2 rings (SSSR count). The Kier molecular flexibility index (Phi) is 5.98. The summed E-state index contributed by atoms with van der Waals surface area (Å²) in [4.78, 5) is 16.3. The molecule has 1 aliphatic carbocycles. The third-order valence-electron chi connectivity index (χ3n) is 3.23. The SMILES string of the molecule is CCSC1CCCC1NC(=O)Cc1nc(CCl)cs1. The van der Waals surface area contributed by atoms with Crippen molar-refractivity contribution in [3.8, 4) is 0 Å². The Balaban J connectivity index is 1.83. The molecule has 0 radical (unpaired) electrons. The van der Waals surface area contributed by atoms with Gasteiger partial charge in [0.15, 0.2) is 0 Å². The number of carbonyl (C=O) groups is 1. The number of halogens is 1. The molecule has 2 unspecified atom stereocenters. The van der Waals surface area contributed by atoms with E-state index in [9.17, 15) is 4.79 Å². The van der Waals surface area contributed by atoms with Crippen LogP contribution in [0, 0.1) is 0 Å². The zero-order valence-corrected chi connectivity index (χ0v) is 13.4. The van der Waals surface area contributed by atoms with Crippen molar-refractivity contribution in [1.29, 1.82) is 0 Å². The first-order valence-electron chi connectivity index (χ1n) is 6.63. The van der Waals surface area contributed by atoms with Crippen molar-refractivity contribution < 1.29 is 4.79 Å². The Morgan fingerprint density at radius 1 is 1.63 bits per heavy atom. The molecule has 1 amide bonds. The zero-order chi connectivity index (χ0) is 13.7. The molecule has 1 N–H and O–H groups in total. The van der Waals surface area contributed by atoms with Gasteiger partial charge in [-0.2, -0.15) is 11.8 Å². The molecular weight excluding hydrogens is 300 g/mol. The fraction of sp³-hybridized carbons (Fsp3) is 0.692. The van der Waals surface area contributed by atoms with Gasteiger partial charge in [0.05, 0.1) is 18.0 Å². The molecule has 1 heterocycles. The van der Waals surface area contributed by atoms with Crippen molar-refractivity contribution in [2.75, 3.05) is 5.75 Å². The Bertz CT molecular complexity index is 425. The van der Waals surface area contributed by atoms with Crippen molar-refractivity contribution in [2.24, 2.45) is 0 Å². The van der Waals surface area contributed by atoms with Gasteiger partial charge >= 0.3 is 0 Å². The number of rotatable bonds is 6. The summed E-state index contributed by atoms with van der Waals surface area (Å²) < 4.78 is 0. The van der Waals surface area contributed by atoms with Crippen LogP contribution in [0.15, 0.2) is 5.38 Å². The molecule has 2 atom stereocenters. The lowest BCUT2D eigenvalue weighted by Gasteiger charge is -2.19. The van der Waals surface area contributed by atoms with E-state index in [0.717, 1.165) is 22.9 Å². The number of nitrogens with one attached hydrogen (secondary N) is 1. The summed E-state index contributed by atoms with van der Waals surface area (Å²) in [5.41, 5.74) is 0.856. The van der Waals surface area contributed by atoms with E-state index in [1.165, 1.54) is 24.2 Å². The summed E-state index contributed by atoms with van der Waals surface area (Å²) in [5.74, 6) is 1.61. The summed E-state index contributed by atoms with van der Waals surface area (Å²) >= 11 is 9.18. The van der Waals surface area contributed by atoms with Gasteiger partial charge in [0.25, 0.3) is 0 Å². The fourth-order valence-electron chi connectivity index (χ4n) is 2.39. The van der Waals surface area contributed by atoms with E-state index in [-0.39, 0.29) is 5.91 Å². The van der Waals surface area contributed by atoms with Crippen molar-refractivity contribution in [3.05, 3.63) is 16.1 Å². The fourth-order valence-corrected chi connectivity index (χ4v) is 4.61. The van der Waals surface area contributed by atoms with Gasteiger partial charge in [0, 0.05) is 16.7 Å². The Labute approximate surface area is 127 Å². The number of hydrogen-bond acceptors (Lipinski definition) is 4. The van der Waals surface area contributed by atoms with E-state index in [1.54, 1.807) is 0 Å². The molecule has 1 aromatic rings. The second kappa shape index (κ2) is 7.50. The molecule has 0 aliphatic heterocycles. The third kappa shape index (κ3) is 4.36. The number of thiazole rings is 1. The molecule has 0 bridgehead atoms. The van der Waals surface area contributed by atoms with E-state index in [0.29, 0.717) is 23.6 Å². The summed E-state index contributed by atoms with van der Waals surface area (Å²) in [6, 6.07) is 0.338. The lowest BCUT2D eigenvalue weighted by Crippen LogP contribution is -2.39. The van der Waals surface area contributed by atoms with E-state index < -0.39 is 0 Å². The maximum absolute atomic E-state index is 12.0. The smallest absolute Gasteiger partial charge is 0.227 e. The lowest BCUT2D eigenvalue weighted by atomic mass is 10.2. The minimum absolute atomic E-state index is 0.0871. The van der Waals surface area contributed by atoms with Crippen LogP contribution in [-0.4, -0.2) is 27.9 Å². The molecular formula is C13H19ClN2OS2. The van der Waals surface area contributed by atoms with Gasteiger partial charge in [-0.05, 0) is 18.6 Å². The number of nitrogens with zero attached hydrogens (tertiary/aromatic N) is 1. The second-order valence-corrected chi connectivity index (χ2v) is 7.37. The third-order valence-corrected chi connectivity index (χ3v) is 5.72. The number of amides is 1. The Morgan fingerprint density at radius 3 is 3.16 bits per heavy atom. The van der Waals surface area contributed by atoms with Crippen LogP contribution in [0.25, 0.3) is 0 Å². The second-order valence-electron chi connectivity index (χ2n) is 4.64. The van der Waals surface area contributed by atoms with Crippen molar-refractivity contribution in [3.63, 3.8) is 0 Å². The quantitative estimate of drug-likeness (QED) is 0.819. The van der Waals surface area contributed by atoms with Gasteiger partial charge < -0.3 is 5.32 Å². The summed E-state index contributed by atoms with van der Waals surface area (Å²) in [6.07, 6.45) is 3.92. The van der Waals surface area contributed by atoms with E-state index in [4.69, 9.17) is 11.6 Å². The molecule has 6 heteroatoms. The predicted molar refractivity (Wildman–Crippen MR) is 83.1 cm³/mol. The van der Waals surface area contributed by atoms with Crippen molar-refractivity contribution in [2.45, 2.75) is 49.8 Å². The summed E-state index contributed by atoms with van der Waals surface area (Å²) in [6.45, 7) is 2.17. The van der Waals surface area contributed by atoms with Crippen LogP contribution >= 0.6 is 34.7 Å². The van der Waals surface area contributed by atoms with Crippen LogP contribution in [0.2, 0.25) is 0 Å². The minimum Gasteiger partial charge on any atom is -0.352 e. The standard InChI is InChI=1S/C13H19ClN2OS2/c1-2-18-11-5-3-4-10(11)16-12(17)6-13-15-9(7-14)8-19-13/h8,10-11H,2-7H2,1H3,(H,16,17). The molecule has 0 saturated heterocycles. The first kappa shape index (κ1) is 15.1. The maximum atomic E-state index is 12.0. The van der Waals surface area contributed by atoms with Crippen LogP contribution in [0.3, 0.4) is 0 Å². The summed E-state index contributed by atoms with van der Waals surface area (Å²) in [7, 11) is 0. The average molecular weight is 319 g/mol. The Morgan fingerprint density at radius 2 is 2.47 bits per heavy atom. The van der Waals surface area contributed by atoms with Crippen LogP contribution in [-0.2, 0) is 17.1 Å². The molecule has 106 valence electrons. The van der Waals surface area contributed by atoms with Gasteiger partial charge in [-0.25, -0.2) is 4.98 Å². The first-order valence-corrected chi connectivity index (χ1v) is 9.09. The topological polar surface area (TPSA) is 42.0 Å². The van der Waals surface area contributed by atoms with Gasteiger partial charge in [0.2, 0.25) is 5.91 Å². The highest BCUT2D eigenvalue weighted by atomic mass is 35.5. The monoisotopic (exact) mass is 318 g/mol. The van der Waals surface area contributed by atoms with Gasteiger partial charge in [0.1, 0.15) is 5.01 Å². The molecule has 0 spiro atoms. The highest BCUT2D eigenvalue weighted by molar-refractivity contribution is 7.99. The van der Waals surface area contributed by atoms with E-state index in [2.05, 4.69) is 17.2 Å². The average Bonchev–Trinajstić information content (AvgIpc) is 3.00. The molecule has 1 saturated carbocycles. The molecule has 1 aliphatic rings. The highest BCUT2D eigenvalue weighted by Gasteiger charge is 2.28. The normalized spacial score (nSPS) is 22.6. The van der Waals surface area contributed by atoms with Crippen LogP contribution in [0.1, 0.15) is 36.9 Å². The molecule has 3 nitrogen and oxygen atoms in total. The van der Waals surface area contributed by atoms with Crippen LogP contribution < -0.4 is 5.32 Å². The minimum atomic E-state index is 0.0871. The largest absolute Gasteiger partial charge is 0.352 e. The van der Waals surface area contributed by atoms with Gasteiger partial charge in [-0.3, -0.25) is 4.79 Å². The van der Waals surface area contributed by atoms with Gasteiger partial charge in [-0.1, -0.05) is 13.3 Å². The zero-order valence-electron chi connectivity index (χ0n) is 11.0. The van der Waals surface area contributed by atoms with Crippen LogP contribution in [0.5, 0.6) is 0 Å². The van der Waals surface area contributed by atoms with Crippen molar-refractivity contribution >= 4 is 40.6 Å². The highest BCUT2D eigenvalue weighted by Crippen LogP contribution is 2.29. The molecule has 19 heavy (non-hydrogen) atoms. The van der Waals surface area contributed by atoms with Crippen molar-refractivity contribution in [1.82, 2.24) is 10.3 Å². The molecule has 1 fully saturated rings. The first-order chi connectivity index (χ1) is 9.22. The maximum Gasteiger partial charge on any atom is 0.227 e. The number of carbonyl (C=O) groups excluding carboxylic acids is 1.